The van der Waals surface area contributed by atoms with E-state index in [1.807, 2.05) is 12.1 Å². The first-order valence-corrected chi connectivity index (χ1v) is 6.51. The lowest BCUT2D eigenvalue weighted by Gasteiger charge is -2.20. The van der Waals surface area contributed by atoms with E-state index in [2.05, 4.69) is 10.2 Å². The molecule has 0 N–H and O–H groups in total. The van der Waals surface area contributed by atoms with Crippen molar-refractivity contribution in [2.24, 2.45) is 5.92 Å². The third kappa shape index (κ3) is 3.72. The standard InChI is InChI=1S/C11H16N2OSi/c1-2-5-10(6-3-1)9-14-15-11-7-4-8-12-13-11/h4,7-8,10H,1-3,5-6,9H2. The van der Waals surface area contributed by atoms with E-state index in [9.17, 15) is 0 Å². The molecule has 15 heavy (non-hydrogen) atoms. The smallest absolute Gasteiger partial charge is 0.292 e. The lowest BCUT2D eigenvalue weighted by molar-refractivity contribution is 0.218. The Kier molecular flexibility index (Phi) is 4.29. The monoisotopic (exact) mass is 220 g/mol. The van der Waals surface area contributed by atoms with E-state index in [0.717, 1.165) is 17.8 Å². The van der Waals surface area contributed by atoms with Crippen LogP contribution in [0.3, 0.4) is 0 Å². The van der Waals surface area contributed by atoms with E-state index in [4.69, 9.17) is 4.43 Å². The van der Waals surface area contributed by atoms with Gasteiger partial charge in [0.1, 0.15) is 0 Å². The molecule has 1 saturated carbocycles. The Hall–Kier alpha value is -0.743. The van der Waals surface area contributed by atoms with Crippen molar-refractivity contribution < 1.29 is 4.43 Å². The zero-order chi connectivity index (χ0) is 10.3. The summed E-state index contributed by atoms with van der Waals surface area (Å²) in [5.74, 6) is 0.780. The van der Waals surface area contributed by atoms with Gasteiger partial charge < -0.3 is 4.43 Å². The summed E-state index contributed by atoms with van der Waals surface area (Å²) < 4.78 is 5.68. The van der Waals surface area contributed by atoms with Crippen LogP contribution in [0, 0.1) is 5.92 Å². The van der Waals surface area contributed by atoms with Crippen LogP contribution in [0.4, 0.5) is 0 Å². The van der Waals surface area contributed by atoms with Crippen LogP contribution in [0.15, 0.2) is 18.3 Å². The van der Waals surface area contributed by atoms with Crippen LogP contribution in [0.1, 0.15) is 32.1 Å². The summed E-state index contributed by atoms with van der Waals surface area (Å²) in [5, 5.41) is 8.78. The van der Waals surface area contributed by atoms with Gasteiger partial charge in [0.25, 0.3) is 9.76 Å². The van der Waals surface area contributed by atoms with Gasteiger partial charge in [0.2, 0.25) is 0 Å². The van der Waals surface area contributed by atoms with Gasteiger partial charge >= 0.3 is 0 Å². The van der Waals surface area contributed by atoms with Gasteiger partial charge in [0.15, 0.2) is 0 Å². The minimum Gasteiger partial charge on any atom is -0.410 e. The van der Waals surface area contributed by atoms with E-state index in [-0.39, 0.29) is 0 Å². The third-order valence-corrected chi connectivity index (χ3v) is 3.58. The zero-order valence-electron chi connectivity index (χ0n) is 8.85. The average molecular weight is 220 g/mol. The van der Waals surface area contributed by atoms with Crippen molar-refractivity contribution in [3.8, 4) is 0 Å². The first kappa shape index (κ1) is 10.8. The molecule has 0 aromatic carbocycles. The molecular formula is C11H16N2OSi. The minimum atomic E-state index is 0.355. The summed E-state index contributed by atoms with van der Waals surface area (Å²) in [6, 6.07) is 3.87. The molecule has 4 heteroatoms. The molecule has 0 saturated heterocycles. The predicted octanol–water partition coefficient (Wildman–Crippen LogP) is 1.32. The van der Waals surface area contributed by atoms with Crippen LogP contribution in [-0.4, -0.2) is 26.6 Å². The van der Waals surface area contributed by atoms with Crippen LogP contribution >= 0.6 is 0 Å². The Morgan fingerprint density at radius 3 is 2.93 bits per heavy atom. The highest BCUT2D eigenvalue weighted by Gasteiger charge is 2.13. The van der Waals surface area contributed by atoms with Gasteiger partial charge in [0, 0.05) is 12.8 Å². The van der Waals surface area contributed by atoms with Crippen molar-refractivity contribution in [1.29, 1.82) is 0 Å². The van der Waals surface area contributed by atoms with Crippen molar-refractivity contribution in [3.05, 3.63) is 18.3 Å². The van der Waals surface area contributed by atoms with Crippen LogP contribution in [0.25, 0.3) is 0 Å². The van der Waals surface area contributed by atoms with Crippen molar-refractivity contribution >= 4 is 15.1 Å². The molecule has 1 aliphatic carbocycles. The fraction of sp³-hybridized carbons (Fsp3) is 0.636. The molecule has 0 atom stereocenters. The Balaban J connectivity index is 1.66. The number of nitrogens with zero attached hydrogens (tertiary/aromatic N) is 2. The van der Waals surface area contributed by atoms with Crippen molar-refractivity contribution in [1.82, 2.24) is 10.2 Å². The Labute approximate surface area is 93.2 Å². The number of hydrogen-bond donors (Lipinski definition) is 0. The maximum absolute atomic E-state index is 5.68. The van der Waals surface area contributed by atoms with Gasteiger partial charge in [-0.15, -0.1) is 0 Å². The topological polar surface area (TPSA) is 35.0 Å². The summed E-state index contributed by atoms with van der Waals surface area (Å²) in [4.78, 5) is 0. The highest BCUT2D eigenvalue weighted by atomic mass is 28.2. The highest BCUT2D eigenvalue weighted by Crippen LogP contribution is 2.23. The quantitative estimate of drug-likeness (QED) is 0.718. The lowest BCUT2D eigenvalue weighted by atomic mass is 9.90. The minimum absolute atomic E-state index is 0.355. The summed E-state index contributed by atoms with van der Waals surface area (Å²) in [6.45, 7) is 0.898. The molecule has 3 nitrogen and oxygen atoms in total. The molecular weight excluding hydrogens is 204 g/mol. The first-order valence-electron chi connectivity index (χ1n) is 5.60. The molecule has 0 unspecified atom stereocenters. The SMILES string of the molecule is c1cnnc([Si]OCC2CCCCC2)c1. The molecule has 2 radical (unpaired) electrons. The second kappa shape index (κ2) is 5.98. The lowest BCUT2D eigenvalue weighted by Crippen LogP contribution is -2.24. The van der Waals surface area contributed by atoms with Gasteiger partial charge in [-0.05, 0) is 30.9 Å². The molecule has 1 aromatic rings. The van der Waals surface area contributed by atoms with E-state index < -0.39 is 0 Å². The summed E-state index contributed by atoms with van der Waals surface area (Å²) in [6.07, 6.45) is 8.53. The number of aromatic nitrogens is 2. The van der Waals surface area contributed by atoms with Gasteiger partial charge in [-0.2, -0.15) is 10.2 Å². The summed E-state index contributed by atoms with van der Waals surface area (Å²) in [5.41, 5.74) is 0. The van der Waals surface area contributed by atoms with Crippen molar-refractivity contribution in [2.75, 3.05) is 6.61 Å². The maximum Gasteiger partial charge on any atom is 0.292 e. The molecule has 0 spiro atoms. The predicted molar refractivity (Wildman–Crippen MR) is 59.9 cm³/mol. The molecule has 2 rings (SSSR count). The van der Waals surface area contributed by atoms with Gasteiger partial charge in [-0.3, -0.25) is 0 Å². The van der Waals surface area contributed by atoms with E-state index >= 15 is 0 Å². The fourth-order valence-electron chi connectivity index (χ4n) is 1.94. The third-order valence-electron chi connectivity index (χ3n) is 2.79. The molecule has 1 heterocycles. The molecule has 1 fully saturated rings. The molecule has 1 aromatic heterocycles. The molecule has 80 valence electrons. The Morgan fingerprint density at radius 2 is 2.20 bits per heavy atom. The van der Waals surface area contributed by atoms with Crippen molar-refractivity contribution in [2.45, 2.75) is 32.1 Å². The molecule has 1 aliphatic rings. The zero-order valence-corrected chi connectivity index (χ0v) is 9.85. The molecule has 0 aliphatic heterocycles. The number of rotatable bonds is 4. The highest BCUT2D eigenvalue weighted by molar-refractivity contribution is 6.45. The largest absolute Gasteiger partial charge is 0.410 e. The van der Waals surface area contributed by atoms with Crippen LogP contribution in [-0.2, 0) is 4.43 Å². The van der Waals surface area contributed by atoms with Crippen LogP contribution < -0.4 is 5.32 Å². The van der Waals surface area contributed by atoms with E-state index in [1.165, 1.54) is 32.1 Å². The first-order chi connectivity index (χ1) is 7.45. The fourth-order valence-corrected chi connectivity index (χ4v) is 2.67. The molecule has 0 bridgehead atoms. The van der Waals surface area contributed by atoms with Gasteiger partial charge in [0.05, 0.1) is 5.32 Å². The van der Waals surface area contributed by atoms with Gasteiger partial charge in [-0.25, -0.2) is 0 Å². The number of hydrogen-bond acceptors (Lipinski definition) is 3. The summed E-state index contributed by atoms with van der Waals surface area (Å²) in [7, 11) is 0.355. The average Bonchev–Trinajstić information content (AvgIpc) is 2.32. The second-order valence-electron chi connectivity index (χ2n) is 4.03. The van der Waals surface area contributed by atoms with Crippen LogP contribution in [0.2, 0.25) is 0 Å². The van der Waals surface area contributed by atoms with Crippen LogP contribution in [0.5, 0.6) is 0 Å². The normalized spacial score (nSPS) is 17.9. The van der Waals surface area contributed by atoms with E-state index in [1.54, 1.807) is 6.20 Å². The maximum atomic E-state index is 5.68. The van der Waals surface area contributed by atoms with Gasteiger partial charge in [-0.1, -0.05) is 19.3 Å². The Bertz CT molecular complexity index is 275. The van der Waals surface area contributed by atoms with Crippen molar-refractivity contribution in [3.63, 3.8) is 0 Å². The second-order valence-corrected chi connectivity index (χ2v) is 5.03. The summed E-state index contributed by atoms with van der Waals surface area (Å²) >= 11 is 0. The Morgan fingerprint density at radius 1 is 1.33 bits per heavy atom. The molecule has 0 amide bonds. The van der Waals surface area contributed by atoms with E-state index in [0.29, 0.717) is 9.76 Å².